The maximum atomic E-state index is 12.2. The van der Waals surface area contributed by atoms with Crippen LogP contribution in [0, 0.1) is 6.92 Å². The molecule has 0 saturated carbocycles. The highest BCUT2D eigenvalue weighted by Gasteiger charge is 2.13. The van der Waals surface area contributed by atoms with Crippen LogP contribution in [-0.2, 0) is 6.42 Å². The van der Waals surface area contributed by atoms with Gasteiger partial charge in [-0.3, -0.25) is 4.79 Å². The van der Waals surface area contributed by atoms with Crippen molar-refractivity contribution in [3.8, 4) is 0 Å². The van der Waals surface area contributed by atoms with Gasteiger partial charge in [-0.25, -0.2) is 9.66 Å². The van der Waals surface area contributed by atoms with E-state index in [1.165, 1.54) is 4.68 Å². The average molecular weight is 301 g/mol. The number of hydrogen-bond acceptors (Lipinski definition) is 5. The van der Waals surface area contributed by atoms with Crippen molar-refractivity contribution in [2.75, 3.05) is 12.1 Å². The summed E-state index contributed by atoms with van der Waals surface area (Å²) in [5.41, 5.74) is 2.64. The number of rotatable bonds is 3. The third-order valence-electron chi connectivity index (χ3n) is 3.42. The van der Waals surface area contributed by atoms with Crippen LogP contribution in [0.5, 0.6) is 0 Å². The monoisotopic (exact) mass is 301 g/mol. The topological polar surface area (TPSA) is 74.0 Å². The summed E-state index contributed by atoms with van der Waals surface area (Å²) in [5, 5.41) is 0. The van der Waals surface area contributed by atoms with Crippen molar-refractivity contribution < 1.29 is 4.42 Å². The molecule has 3 aromatic rings. The van der Waals surface area contributed by atoms with Crippen LogP contribution in [0.2, 0.25) is 0 Å². The molecule has 0 radical (unpaired) electrons. The summed E-state index contributed by atoms with van der Waals surface area (Å²) in [7, 11) is 0. The van der Waals surface area contributed by atoms with E-state index >= 15 is 0 Å². The number of para-hydroxylation sites is 2. The molecule has 1 aromatic carbocycles. The Morgan fingerprint density at radius 1 is 1.38 bits per heavy atom. The summed E-state index contributed by atoms with van der Waals surface area (Å²) in [5.74, 6) is 6.35. The lowest BCUT2D eigenvalue weighted by Crippen LogP contribution is -2.32. The summed E-state index contributed by atoms with van der Waals surface area (Å²) in [6.07, 6.45) is 2.29. The number of hydrogen-bond donors (Lipinski definition) is 1. The van der Waals surface area contributed by atoms with Crippen molar-refractivity contribution in [3.63, 3.8) is 0 Å². The number of oxazole rings is 1. The molecule has 2 aromatic heterocycles. The van der Waals surface area contributed by atoms with Gasteiger partial charge < -0.3 is 10.3 Å². The lowest BCUT2D eigenvalue weighted by Gasteiger charge is -2.10. The molecule has 2 heterocycles. The summed E-state index contributed by atoms with van der Waals surface area (Å²) in [4.78, 5) is 17.6. The van der Waals surface area contributed by atoms with Gasteiger partial charge in [-0.1, -0.05) is 12.1 Å². The van der Waals surface area contributed by atoms with Crippen molar-refractivity contribution in [2.24, 2.45) is 0 Å². The first-order valence-corrected chi connectivity index (χ1v) is 7.71. The Morgan fingerprint density at radius 3 is 2.86 bits per heavy atom. The molecule has 0 spiro atoms. The zero-order chi connectivity index (χ0) is 15.0. The highest BCUT2D eigenvalue weighted by atomic mass is 32.2. The van der Waals surface area contributed by atoms with E-state index in [1.807, 2.05) is 43.5 Å². The minimum atomic E-state index is -0.215. The van der Waals surface area contributed by atoms with E-state index in [0.29, 0.717) is 17.9 Å². The molecule has 0 fully saturated rings. The normalized spacial score (nSPS) is 11.1. The molecule has 3 rings (SSSR count). The van der Waals surface area contributed by atoms with E-state index in [9.17, 15) is 4.79 Å². The molecule has 108 valence electrons. The Balaban J connectivity index is 2.05. The van der Waals surface area contributed by atoms with Crippen LogP contribution in [0.3, 0.4) is 0 Å². The SMILES string of the molecule is CSc1cc(Cc2nc3ccccc3o2)c(=O)n(N)c1C. The fourth-order valence-corrected chi connectivity index (χ4v) is 2.90. The van der Waals surface area contributed by atoms with Gasteiger partial charge in [0.15, 0.2) is 11.5 Å². The second-order valence-electron chi connectivity index (χ2n) is 4.75. The number of nitrogens with two attached hydrogens (primary N) is 1. The number of nitrogen functional groups attached to an aromatic ring is 1. The second-order valence-corrected chi connectivity index (χ2v) is 5.60. The van der Waals surface area contributed by atoms with Crippen LogP contribution in [-0.4, -0.2) is 15.9 Å². The van der Waals surface area contributed by atoms with Gasteiger partial charge in [-0.05, 0) is 31.4 Å². The first-order chi connectivity index (χ1) is 10.1. The number of fused-ring (bicyclic) bond motifs is 1. The maximum absolute atomic E-state index is 12.2. The fourth-order valence-electron chi connectivity index (χ4n) is 2.24. The number of thioether (sulfide) groups is 1. The zero-order valence-electron chi connectivity index (χ0n) is 11.8. The first-order valence-electron chi connectivity index (χ1n) is 6.49. The number of benzene rings is 1. The van der Waals surface area contributed by atoms with Gasteiger partial charge in [0.05, 0.1) is 12.1 Å². The Hall–Kier alpha value is -2.21. The molecule has 0 unspecified atom stereocenters. The molecule has 0 atom stereocenters. The largest absolute Gasteiger partial charge is 0.440 e. The summed E-state index contributed by atoms with van der Waals surface area (Å²) < 4.78 is 6.85. The molecular weight excluding hydrogens is 286 g/mol. The number of nitrogens with zero attached hydrogens (tertiary/aromatic N) is 2. The van der Waals surface area contributed by atoms with Gasteiger partial charge in [-0.15, -0.1) is 11.8 Å². The molecular formula is C15H15N3O2S. The lowest BCUT2D eigenvalue weighted by molar-refractivity contribution is 0.542. The number of pyridine rings is 1. The number of aromatic nitrogens is 2. The van der Waals surface area contributed by atoms with Crippen LogP contribution in [0.15, 0.2) is 44.4 Å². The average Bonchev–Trinajstić information content (AvgIpc) is 2.90. The molecule has 0 amide bonds. The first kappa shape index (κ1) is 13.8. The standard InChI is InChI=1S/C15H15N3O2S/c1-9-13(21-2)7-10(15(19)18(9)16)8-14-17-11-5-3-4-6-12(11)20-14/h3-7H,8,16H2,1-2H3. The van der Waals surface area contributed by atoms with E-state index in [0.717, 1.165) is 21.7 Å². The summed E-state index contributed by atoms with van der Waals surface area (Å²) in [6, 6.07) is 9.39. The van der Waals surface area contributed by atoms with Gasteiger partial charge in [0, 0.05) is 10.5 Å². The van der Waals surface area contributed by atoms with Gasteiger partial charge in [0.1, 0.15) is 5.52 Å². The third kappa shape index (κ3) is 2.42. The van der Waals surface area contributed by atoms with E-state index in [2.05, 4.69) is 4.98 Å². The van der Waals surface area contributed by atoms with E-state index < -0.39 is 0 Å². The predicted molar refractivity (Wildman–Crippen MR) is 84.2 cm³/mol. The molecule has 0 saturated heterocycles. The molecule has 2 N–H and O–H groups in total. The van der Waals surface area contributed by atoms with Crippen LogP contribution in [0.25, 0.3) is 11.1 Å². The van der Waals surface area contributed by atoms with Crippen molar-refractivity contribution >= 4 is 22.9 Å². The van der Waals surface area contributed by atoms with Crippen LogP contribution in [0.1, 0.15) is 17.1 Å². The molecule has 21 heavy (non-hydrogen) atoms. The molecule has 5 nitrogen and oxygen atoms in total. The smallest absolute Gasteiger partial charge is 0.272 e. The lowest BCUT2D eigenvalue weighted by atomic mass is 10.2. The Bertz CT molecular complexity index is 834. The van der Waals surface area contributed by atoms with Crippen LogP contribution >= 0.6 is 11.8 Å². The van der Waals surface area contributed by atoms with Crippen LogP contribution < -0.4 is 11.4 Å². The fraction of sp³-hybridized carbons (Fsp3) is 0.200. The Kier molecular flexibility index (Phi) is 3.47. The minimum absolute atomic E-state index is 0.215. The van der Waals surface area contributed by atoms with E-state index in [4.69, 9.17) is 10.3 Å². The van der Waals surface area contributed by atoms with Crippen molar-refractivity contribution in [1.29, 1.82) is 0 Å². The highest BCUT2D eigenvalue weighted by molar-refractivity contribution is 7.98. The van der Waals surface area contributed by atoms with Crippen molar-refractivity contribution in [2.45, 2.75) is 18.2 Å². The summed E-state index contributed by atoms with van der Waals surface area (Å²) >= 11 is 1.56. The van der Waals surface area contributed by atoms with E-state index in [-0.39, 0.29) is 5.56 Å². The Labute approximate surface area is 125 Å². The molecule has 0 bridgehead atoms. The van der Waals surface area contributed by atoms with Gasteiger partial charge in [0.2, 0.25) is 0 Å². The zero-order valence-corrected chi connectivity index (χ0v) is 12.6. The summed E-state index contributed by atoms with van der Waals surface area (Å²) in [6.45, 7) is 1.83. The van der Waals surface area contributed by atoms with Crippen LogP contribution in [0.4, 0.5) is 0 Å². The predicted octanol–water partition coefficient (Wildman–Crippen LogP) is 2.32. The molecule has 6 heteroatoms. The van der Waals surface area contributed by atoms with E-state index in [1.54, 1.807) is 11.8 Å². The molecule has 0 aliphatic carbocycles. The quantitative estimate of drug-likeness (QED) is 0.593. The second kappa shape index (κ2) is 5.29. The molecule has 0 aliphatic heterocycles. The third-order valence-corrected chi connectivity index (χ3v) is 4.27. The molecule has 0 aliphatic rings. The van der Waals surface area contributed by atoms with Crippen molar-refractivity contribution in [1.82, 2.24) is 9.66 Å². The Morgan fingerprint density at radius 2 is 2.14 bits per heavy atom. The minimum Gasteiger partial charge on any atom is -0.440 e. The van der Waals surface area contributed by atoms with Gasteiger partial charge in [-0.2, -0.15) is 0 Å². The van der Waals surface area contributed by atoms with Crippen molar-refractivity contribution in [3.05, 3.63) is 57.8 Å². The van der Waals surface area contributed by atoms with Gasteiger partial charge >= 0.3 is 0 Å². The maximum Gasteiger partial charge on any atom is 0.272 e. The van der Waals surface area contributed by atoms with Gasteiger partial charge in [0.25, 0.3) is 5.56 Å². The highest BCUT2D eigenvalue weighted by Crippen LogP contribution is 2.21.